The summed E-state index contributed by atoms with van der Waals surface area (Å²) in [4.78, 5) is 3.78. The molecule has 1 aromatic rings. The summed E-state index contributed by atoms with van der Waals surface area (Å²) >= 11 is 0. The molecule has 0 spiro atoms. The largest absolute Gasteiger partial charge is 0.416 e. The lowest BCUT2D eigenvalue weighted by Gasteiger charge is -2.24. The molecule has 1 fully saturated rings. The number of ether oxygens (including phenoxy) is 1. The summed E-state index contributed by atoms with van der Waals surface area (Å²) in [5.74, 6) is 5.35. The highest BCUT2D eigenvalue weighted by molar-refractivity contribution is 5.30. The summed E-state index contributed by atoms with van der Waals surface area (Å²) < 4.78 is 44.3. The fraction of sp³-hybridized carbons (Fsp3) is 0.583. The van der Waals surface area contributed by atoms with Crippen LogP contribution in [0.3, 0.4) is 0 Å². The Morgan fingerprint density at radius 2 is 2.26 bits per heavy atom. The predicted octanol–water partition coefficient (Wildman–Crippen LogP) is 2.03. The number of rotatable bonds is 3. The normalized spacial score (nSPS) is 25.5. The molecule has 3 unspecified atom stereocenters. The van der Waals surface area contributed by atoms with Crippen molar-refractivity contribution in [2.24, 2.45) is 11.8 Å². The van der Waals surface area contributed by atoms with Gasteiger partial charge in [-0.2, -0.15) is 13.2 Å². The molecule has 1 saturated heterocycles. The average molecular weight is 275 g/mol. The molecule has 0 radical (unpaired) electrons. The Kier molecular flexibility index (Phi) is 4.07. The van der Waals surface area contributed by atoms with Gasteiger partial charge < -0.3 is 4.74 Å². The minimum absolute atomic E-state index is 0.0341. The summed E-state index contributed by atoms with van der Waals surface area (Å²) in [5, 5.41) is 0. The van der Waals surface area contributed by atoms with Gasteiger partial charge in [-0.25, -0.2) is 0 Å². The fourth-order valence-electron chi connectivity index (χ4n) is 2.48. The zero-order valence-electron chi connectivity index (χ0n) is 10.4. The second kappa shape index (κ2) is 5.44. The molecular weight excluding hydrogens is 259 g/mol. The van der Waals surface area contributed by atoms with Gasteiger partial charge in [-0.3, -0.25) is 16.3 Å². The highest BCUT2D eigenvalue weighted by Gasteiger charge is 2.38. The summed E-state index contributed by atoms with van der Waals surface area (Å²) in [6, 6.07) is 0.356. The van der Waals surface area contributed by atoms with Gasteiger partial charge in [-0.1, -0.05) is 0 Å². The molecule has 7 heteroatoms. The molecule has 0 aromatic carbocycles. The maximum atomic E-state index is 13.0. The van der Waals surface area contributed by atoms with Crippen LogP contribution in [0.2, 0.25) is 0 Å². The van der Waals surface area contributed by atoms with E-state index in [2.05, 4.69) is 10.4 Å². The number of hydrogen-bond donors (Lipinski definition) is 2. The number of nitrogens with zero attached hydrogens (tertiary/aromatic N) is 1. The summed E-state index contributed by atoms with van der Waals surface area (Å²) in [6.07, 6.45) is -1.37. The van der Waals surface area contributed by atoms with Crippen LogP contribution in [0.4, 0.5) is 13.2 Å². The van der Waals surface area contributed by atoms with Crippen molar-refractivity contribution in [1.29, 1.82) is 0 Å². The lowest BCUT2D eigenvalue weighted by Crippen LogP contribution is -2.35. The van der Waals surface area contributed by atoms with Crippen LogP contribution in [-0.2, 0) is 10.9 Å². The van der Waals surface area contributed by atoms with Gasteiger partial charge >= 0.3 is 6.18 Å². The Bertz CT molecular complexity index is 438. The minimum atomic E-state index is -4.42. The smallest absolute Gasteiger partial charge is 0.378 e. The highest BCUT2D eigenvalue weighted by Crippen LogP contribution is 2.38. The fourth-order valence-corrected chi connectivity index (χ4v) is 2.48. The van der Waals surface area contributed by atoms with Gasteiger partial charge in [-0.05, 0) is 19.4 Å². The van der Waals surface area contributed by atoms with E-state index in [1.807, 2.05) is 6.92 Å². The zero-order chi connectivity index (χ0) is 14.0. The molecular formula is C12H16F3N3O. The monoisotopic (exact) mass is 275 g/mol. The number of pyridine rings is 1. The Hall–Kier alpha value is -1.18. The highest BCUT2D eigenvalue weighted by atomic mass is 19.4. The van der Waals surface area contributed by atoms with Crippen molar-refractivity contribution in [1.82, 2.24) is 10.4 Å². The van der Waals surface area contributed by atoms with Crippen LogP contribution < -0.4 is 11.3 Å². The molecule has 2 heterocycles. The van der Waals surface area contributed by atoms with Crippen LogP contribution in [0.5, 0.6) is 0 Å². The third kappa shape index (κ3) is 3.05. The van der Waals surface area contributed by atoms with Crippen LogP contribution >= 0.6 is 0 Å². The topological polar surface area (TPSA) is 60.2 Å². The first kappa shape index (κ1) is 14.2. The van der Waals surface area contributed by atoms with E-state index in [0.29, 0.717) is 13.0 Å². The Labute approximate surface area is 109 Å². The van der Waals surface area contributed by atoms with E-state index >= 15 is 0 Å². The van der Waals surface area contributed by atoms with Crippen molar-refractivity contribution in [3.05, 3.63) is 29.6 Å². The SMILES string of the molecule is CC1CC(C(NN)c2cnccc2C(F)(F)F)CO1. The second-order valence-corrected chi connectivity index (χ2v) is 4.74. The van der Waals surface area contributed by atoms with E-state index in [0.717, 1.165) is 12.3 Å². The molecule has 0 bridgehead atoms. The van der Waals surface area contributed by atoms with Crippen LogP contribution in [0.25, 0.3) is 0 Å². The van der Waals surface area contributed by atoms with Crippen molar-refractivity contribution < 1.29 is 17.9 Å². The number of nitrogens with one attached hydrogen (secondary N) is 1. The van der Waals surface area contributed by atoms with Gasteiger partial charge in [0.15, 0.2) is 0 Å². The predicted molar refractivity (Wildman–Crippen MR) is 62.8 cm³/mol. The van der Waals surface area contributed by atoms with Gasteiger partial charge in [-0.15, -0.1) is 0 Å². The van der Waals surface area contributed by atoms with Gasteiger partial charge in [0.25, 0.3) is 0 Å². The van der Waals surface area contributed by atoms with Gasteiger partial charge in [0.1, 0.15) is 0 Å². The van der Waals surface area contributed by atoms with E-state index in [-0.39, 0.29) is 17.6 Å². The van der Waals surface area contributed by atoms with E-state index in [4.69, 9.17) is 10.6 Å². The molecule has 0 amide bonds. The molecule has 3 atom stereocenters. The third-order valence-electron chi connectivity index (χ3n) is 3.37. The molecule has 19 heavy (non-hydrogen) atoms. The van der Waals surface area contributed by atoms with Crippen LogP contribution in [0.1, 0.15) is 30.5 Å². The lowest BCUT2D eigenvalue weighted by molar-refractivity contribution is -0.138. The molecule has 2 rings (SSSR count). The summed E-state index contributed by atoms with van der Waals surface area (Å²) in [5.41, 5.74) is 1.84. The Balaban J connectivity index is 2.33. The lowest BCUT2D eigenvalue weighted by atomic mass is 9.90. The van der Waals surface area contributed by atoms with E-state index in [9.17, 15) is 13.2 Å². The van der Waals surface area contributed by atoms with Crippen LogP contribution in [0.15, 0.2) is 18.5 Å². The maximum Gasteiger partial charge on any atom is 0.416 e. The molecule has 0 aliphatic carbocycles. The van der Waals surface area contributed by atoms with E-state index < -0.39 is 17.8 Å². The molecule has 1 aliphatic heterocycles. The summed E-state index contributed by atoms with van der Waals surface area (Å²) in [6.45, 7) is 2.28. The maximum absolute atomic E-state index is 13.0. The zero-order valence-corrected chi connectivity index (χ0v) is 10.4. The van der Waals surface area contributed by atoms with E-state index in [1.165, 1.54) is 6.20 Å². The van der Waals surface area contributed by atoms with Crippen molar-refractivity contribution in [3.63, 3.8) is 0 Å². The third-order valence-corrected chi connectivity index (χ3v) is 3.37. The van der Waals surface area contributed by atoms with Gasteiger partial charge in [0.05, 0.1) is 24.3 Å². The molecule has 106 valence electrons. The molecule has 1 aromatic heterocycles. The van der Waals surface area contributed by atoms with Crippen LogP contribution in [-0.4, -0.2) is 17.7 Å². The van der Waals surface area contributed by atoms with Crippen molar-refractivity contribution in [2.45, 2.75) is 31.7 Å². The van der Waals surface area contributed by atoms with E-state index in [1.54, 1.807) is 0 Å². The number of nitrogens with two attached hydrogens (primary N) is 1. The molecule has 1 aliphatic rings. The number of halogens is 3. The molecule has 3 N–H and O–H groups in total. The Morgan fingerprint density at radius 3 is 2.79 bits per heavy atom. The van der Waals surface area contributed by atoms with Crippen molar-refractivity contribution >= 4 is 0 Å². The number of hydrogen-bond acceptors (Lipinski definition) is 4. The number of alkyl halides is 3. The number of hydrazine groups is 1. The van der Waals surface area contributed by atoms with Crippen molar-refractivity contribution in [2.75, 3.05) is 6.61 Å². The Morgan fingerprint density at radius 1 is 1.53 bits per heavy atom. The summed E-state index contributed by atoms with van der Waals surface area (Å²) in [7, 11) is 0. The first-order valence-corrected chi connectivity index (χ1v) is 6.02. The second-order valence-electron chi connectivity index (χ2n) is 4.74. The van der Waals surface area contributed by atoms with Gasteiger partial charge in [0.2, 0.25) is 0 Å². The van der Waals surface area contributed by atoms with Crippen LogP contribution in [0, 0.1) is 5.92 Å². The van der Waals surface area contributed by atoms with Crippen molar-refractivity contribution in [3.8, 4) is 0 Å². The standard InChI is InChI=1S/C12H16F3N3O/c1-7-4-8(6-19-7)11(18-16)9-5-17-3-2-10(9)12(13,14)15/h2-3,5,7-8,11,18H,4,6,16H2,1H3. The molecule has 0 saturated carbocycles. The first-order valence-electron chi connectivity index (χ1n) is 6.02. The minimum Gasteiger partial charge on any atom is -0.378 e. The number of aromatic nitrogens is 1. The molecule has 4 nitrogen and oxygen atoms in total. The first-order chi connectivity index (χ1) is 8.93. The quantitative estimate of drug-likeness (QED) is 0.654. The average Bonchev–Trinajstić information content (AvgIpc) is 2.76. The van der Waals surface area contributed by atoms with Gasteiger partial charge in [0, 0.05) is 23.9 Å².